The predicted octanol–water partition coefficient (Wildman–Crippen LogP) is 4.56. The van der Waals surface area contributed by atoms with Gasteiger partial charge in [-0.25, -0.2) is 13.6 Å². The Labute approximate surface area is 141 Å². The molecule has 5 nitrogen and oxygen atoms in total. The lowest BCUT2D eigenvalue weighted by Gasteiger charge is -2.34. The largest absolute Gasteiger partial charge is 0.437 e. The van der Waals surface area contributed by atoms with Crippen LogP contribution < -0.4 is 5.32 Å². The number of aryl methyl sites for hydroxylation is 1. The van der Waals surface area contributed by atoms with Crippen molar-refractivity contribution < 1.29 is 31.5 Å². The molecule has 1 aliphatic carbocycles. The molecule has 25 heavy (non-hydrogen) atoms. The van der Waals surface area contributed by atoms with Crippen molar-refractivity contribution in [1.29, 1.82) is 0 Å². The Balaban J connectivity index is 2.20. The van der Waals surface area contributed by atoms with Gasteiger partial charge in [0, 0.05) is 31.4 Å². The van der Waals surface area contributed by atoms with Crippen LogP contribution >= 0.6 is 0 Å². The molecule has 0 unspecified atom stereocenters. The van der Waals surface area contributed by atoms with E-state index in [2.05, 4.69) is 15.2 Å². The van der Waals surface area contributed by atoms with E-state index in [9.17, 15) is 26.7 Å². The first-order chi connectivity index (χ1) is 11.3. The van der Waals surface area contributed by atoms with Gasteiger partial charge in [0.2, 0.25) is 5.92 Å². The molecule has 1 aliphatic rings. The van der Waals surface area contributed by atoms with Gasteiger partial charge in [-0.05, 0) is 12.8 Å². The number of carbonyl (C=O) groups excluding carboxylic acids is 1. The minimum Gasteiger partial charge on any atom is -0.437 e. The maximum Gasteiger partial charge on any atom is 0.425 e. The van der Waals surface area contributed by atoms with Crippen LogP contribution in [0.5, 0.6) is 0 Å². The highest BCUT2D eigenvalue weighted by Gasteiger charge is 2.48. The van der Waals surface area contributed by atoms with Crippen LogP contribution in [0, 0.1) is 0 Å². The zero-order chi connectivity index (χ0) is 19.2. The number of rotatable bonds is 4. The van der Waals surface area contributed by atoms with E-state index in [1.54, 1.807) is 13.8 Å². The van der Waals surface area contributed by atoms with Crippen LogP contribution in [0.4, 0.5) is 32.6 Å². The highest BCUT2D eigenvalue weighted by atomic mass is 19.4. The molecule has 0 radical (unpaired) electrons. The third-order valence-corrected chi connectivity index (χ3v) is 4.13. The van der Waals surface area contributed by atoms with Crippen molar-refractivity contribution in [1.82, 2.24) is 9.78 Å². The van der Waals surface area contributed by atoms with Gasteiger partial charge < -0.3 is 4.74 Å². The molecule has 1 N–H and O–H groups in total. The zero-order valence-corrected chi connectivity index (χ0v) is 14.2. The summed E-state index contributed by atoms with van der Waals surface area (Å²) in [4.78, 5) is 11.8. The second-order valence-corrected chi connectivity index (χ2v) is 6.60. The van der Waals surface area contributed by atoms with Crippen molar-refractivity contribution in [2.24, 2.45) is 7.05 Å². The molecule has 142 valence electrons. The van der Waals surface area contributed by atoms with Crippen LogP contribution in [0.2, 0.25) is 0 Å². The molecule has 1 amide bonds. The topological polar surface area (TPSA) is 56.2 Å². The van der Waals surface area contributed by atoms with Crippen molar-refractivity contribution in [3.63, 3.8) is 0 Å². The predicted molar refractivity (Wildman–Crippen MR) is 79.8 cm³/mol. The molecule has 0 saturated heterocycles. The smallest absolute Gasteiger partial charge is 0.425 e. The molecule has 1 fully saturated rings. The maximum atomic E-state index is 13.1. The average Bonchev–Trinajstić information content (AvgIpc) is 2.71. The minimum absolute atomic E-state index is 0.152. The van der Waals surface area contributed by atoms with Gasteiger partial charge in [-0.15, -0.1) is 0 Å². The molecule has 0 aromatic carbocycles. The Morgan fingerprint density at radius 2 is 1.88 bits per heavy atom. The van der Waals surface area contributed by atoms with Gasteiger partial charge >= 0.3 is 12.3 Å². The summed E-state index contributed by atoms with van der Waals surface area (Å²) in [5.74, 6) is -3.20. The Bertz CT molecular complexity index is 646. The van der Waals surface area contributed by atoms with Gasteiger partial charge in [0.05, 0.1) is 5.69 Å². The summed E-state index contributed by atoms with van der Waals surface area (Å²) < 4.78 is 69.3. The molecule has 0 aliphatic heterocycles. The van der Waals surface area contributed by atoms with Gasteiger partial charge in [0.15, 0.2) is 6.10 Å². The number of hydrogen-bond acceptors (Lipinski definition) is 3. The second-order valence-electron chi connectivity index (χ2n) is 6.60. The lowest BCUT2D eigenvalue weighted by molar-refractivity contribution is -0.196. The van der Waals surface area contributed by atoms with Crippen LogP contribution in [0.3, 0.4) is 0 Å². The number of halogens is 5. The van der Waals surface area contributed by atoms with E-state index in [0.29, 0.717) is 18.2 Å². The molecular weight excluding hydrogens is 349 g/mol. The quantitative estimate of drug-likeness (QED) is 0.792. The summed E-state index contributed by atoms with van der Waals surface area (Å²) in [5.41, 5.74) is 0.960. The van der Waals surface area contributed by atoms with E-state index in [1.165, 1.54) is 11.7 Å². The molecule has 1 saturated carbocycles. The second kappa shape index (κ2) is 6.45. The monoisotopic (exact) mass is 369 g/mol. The maximum absolute atomic E-state index is 13.1. The van der Waals surface area contributed by atoms with Gasteiger partial charge in [0.1, 0.15) is 5.82 Å². The Morgan fingerprint density at radius 1 is 1.32 bits per heavy atom. The first-order valence-electron chi connectivity index (χ1n) is 7.80. The number of carbonyl (C=O) groups is 1. The van der Waals surface area contributed by atoms with Crippen LogP contribution in [-0.2, 0) is 11.8 Å². The van der Waals surface area contributed by atoms with Crippen molar-refractivity contribution in [2.45, 2.75) is 63.7 Å². The first kappa shape index (κ1) is 19.5. The number of amides is 1. The van der Waals surface area contributed by atoms with E-state index in [0.717, 1.165) is 0 Å². The highest BCUT2D eigenvalue weighted by molar-refractivity contribution is 5.85. The summed E-state index contributed by atoms with van der Waals surface area (Å²) in [6.07, 6.45) is -8.89. The number of ether oxygens (including phenoxy) is 1. The molecule has 2 rings (SSSR count). The summed E-state index contributed by atoms with van der Waals surface area (Å²) in [6.45, 7) is 4.28. The van der Waals surface area contributed by atoms with Crippen LogP contribution in [0.15, 0.2) is 0 Å². The molecular formula is C15H20F5N3O2. The van der Waals surface area contributed by atoms with Crippen molar-refractivity contribution in [2.75, 3.05) is 5.32 Å². The summed E-state index contributed by atoms with van der Waals surface area (Å²) in [5, 5.41) is 6.45. The fourth-order valence-corrected chi connectivity index (χ4v) is 2.79. The molecule has 1 heterocycles. The van der Waals surface area contributed by atoms with Crippen LogP contribution in [0.1, 0.15) is 56.7 Å². The number of nitrogens with zero attached hydrogens (tertiary/aromatic N) is 2. The van der Waals surface area contributed by atoms with Gasteiger partial charge in [0.25, 0.3) is 0 Å². The van der Waals surface area contributed by atoms with E-state index >= 15 is 0 Å². The standard InChI is InChI=1S/C15H20F5N3O2/c1-7(2)10-11(9-5-14(16,17)6-9)22-23(4)12(10)21-13(24)25-8(3)15(18,19)20/h7-9H,5-6H2,1-4H3,(H,21,24)/t8-/m0/s1. The van der Waals surface area contributed by atoms with Crippen molar-refractivity contribution in [3.05, 3.63) is 11.3 Å². The zero-order valence-electron chi connectivity index (χ0n) is 14.2. The van der Waals surface area contributed by atoms with Crippen LogP contribution in [-0.4, -0.2) is 34.1 Å². The lowest BCUT2D eigenvalue weighted by Crippen LogP contribution is -2.34. The Hall–Kier alpha value is -1.87. The van der Waals surface area contributed by atoms with E-state index in [1.807, 2.05) is 0 Å². The van der Waals surface area contributed by atoms with Crippen molar-refractivity contribution in [3.8, 4) is 0 Å². The number of hydrogen-bond donors (Lipinski definition) is 1. The molecule has 0 bridgehead atoms. The highest BCUT2D eigenvalue weighted by Crippen LogP contribution is 2.50. The molecule has 0 spiro atoms. The fraction of sp³-hybridized carbons (Fsp3) is 0.733. The summed E-state index contributed by atoms with van der Waals surface area (Å²) >= 11 is 0. The third kappa shape index (κ3) is 4.21. The average molecular weight is 369 g/mol. The first-order valence-corrected chi connectivity index (χ1v) is 7.80. The summed E-state index contributed by atoms with van der Waals surface area (Å²) in [7, 11) is 1.48. The number of nitrogens with one attached hydrogen (secondary N) is 1. The Morgan fingerprint density at radius 3 is 2.32 bits per heavy atom. The number of anilines is 1. The molecule has 10 heteroatoms. The third-order valence-electron chi connectivity index (χ3n) is 4.13. The van der Waals surface area contributed by atoms with Gasteiger partial charge in [-0.3, -0.25) is 10.00 Å². The van der Waals surface area contributed by atoms with E-state index < -0.39 is 30.2 Å². The number of aromatic nitrogens is 2. The fourth-order valence-electron chi connectivity index (χ4n) is 2.79. The van der Waals surface area contributed by atoms with Gasteiger partial charge in [-0.1, -0.05) is 13.8 Å². The molecule has 1 aromatic rings. The normalized spacial score (nSPS) is 18.8. The lowest BCUT2D eigenvalue weighted by atomic mass is 9.77. The summed E-state index contributed by atoms with van der Waals surface area (Å²) in [6, 6.07) is 0. The minimum atomic E-state index is -4.67. The SMILES string of the molecule is CC(C)c1c(C2CC(F)(F)C2)nn(C)c1NC(=O)O[C@@H](C)C(F)(F)F. The van der Waals surface area contributed by atoms with E-state index in [-0.39, 0.29) is 24.6 Å². The van der Waals surface area contributed by atoms with Crippen LogP contribution in [0.25, 0.3) is 0 Å². The Kier molecular flexibility index (Phi) is 5.02. The molecule has 1 aromatic heterocycles. The van der Waals surface area contributed by atoms with Crippen molar-refractivity contribution >= 4 is 11.9 Å². The van der Waals surface area contributed by atoms with E-state index in [4.69, 9.17) is 0 Å². The number of alkyl halides is 5. The van der Waals surface area contributed by atoms with Gasteiger partial charge in [-0.2, -0.15) is 18.3 Å². The molecule has 1 atom stereocenters.